The molecule has 1 aliphatic carbocycles. The van der Waals surface area contributed by atoms with Crippen molar-refractivity contribution in [1.29, 1.82) is 0 Å². The number of benzene rings is 1. The third-order valence-corrected chi connectivity index (χ3v) is 6.17. The van der Waals surface area contributed by atoms with Gasteiger partial charge >= 0.3 is 0 Å². The lowest BCUT2D eigenvalue weighted by Crippen LogP contribution is -2.40. The van der Waals surface area contributed by atoms with Gasteiger partial charge in [0.05, 0.1) is 4.90 Å². The van der Waals surface area contributed by atoms with Crippen LogP contribution in [0.2, 0.25) is 0 Å². The summed E-state index contributed by atoms with van der Waals surface area (Å²) in [5, 5.41) is 2.85. The van der Waals surface area contributed by atoms with E-state index in [9.17, 15) is 13.2 Å². The molecule has 2 rings (SSSR count). The van der Waals surface area contributed by atoms with Crippen LogP contribution in [0.15, 0.2) is 23.1 Å². The van der Waals surface area contributed by atoms with E-state index in [1.165, 1.54) is 6.07 Å². The Morgan fingerprint density at radius 1 is 1.24 bits per heavy atom. The number of carbonyl (C=O) groups excluding carboxylic acids is 1. The number of hydrogen-bond acceptors (Lipinski definition) is 4. The molecule has 0 spiro atoms. The molecule has 0 heterocycles. The van der Waals surface area contributed by atoms with E-state index in [-0.39, 0.29) is 22.8 Å². The molecule has 0 saturated heterocycles. The number of nitrogens with one attached hydrogen (secondary N) is 2. The summed E-state index contributed by atoms with van der Waals surface area (Å²) in [5.74, 6) is -0.205. The number of rotatable bonds is 4. The zero-order valence-electron chi connectivity index (χ0n) is 15.4. The Labute approximate surface area is 150 Å². The van der Waals surface area contributed by atoms with Crippen LogP contribution in [0.4, 0.5) is 5.69 Å². The maximum atomic E-state index is 12.6. The molecule has 0 radical (unpaired) electrons. The molecule has 1 amide bonds. The standard InChI is InChI=1S/C18H29N3O3S/c1-12-8-9-15(11-16(12)25(23,24)21-18(2,3)4)20-17(22)13-6-5-7-14(19)10-13/h8-9,11,13-14,21H,5-7,10,19H2,1-4H3,(H,20,22). The predicted octanol–water partition coefficient (Wildman–Crippen LogP) is 2.53. The topological polar surface area (TPSA) is 101 Å². The fourth-order valence-corrected chi connectivity index (χ4v) is 4.83. The zero-order valence-corrected chi connectivity index (χ0v) is 16.2. The first-order valence-electron chi connectivity index (χ1n) is 8.69. The molecular formula is C18H29N3O3S. The molecule has 1 fully saturated rings. The maximum Gasteiger partial charge on any atom is 0.241 e. The van der Waals surface area contributed by atoms with Crippen LogP contribution < -0.4 is 15.8 Å². The average Bonchev–Trinajstić information content (AvgIpc) is 2.46. The molecule has 25 heavy (non-hydrogen) atoms. The van der Waals surface area contributed by atoms with Gasteiger partial charge in [0.2, 0.25) is 15.9 Å². The second kappa shape index (κ2) is 7.43. The SMILES string of the molecule is Cc1ccc(NC(=O)C2CCCC(N)C2)cc1S(=O)(=O)NC(C)(C)C. The summed E-state index contributed by atoms with van der Waals surface area (Å²) in [4.78, 5) is 12.6. The van der Waals surface area contributed by atoms with Gasteiger partial charge in [0.15, 0.2) is 0 Å². The van der Waals surface area contributed by atoms with Crippen molar-refractivity contribution in [2.45, 2.75) is 69.9 Å². The Morgan fingerprint density at radius 3 is 2.52 bits per heavy atom. The van der Waals surface area contributed by atoms with E-state index in [0.717, 1.165) is 19.3 Å². The number of carbonyl (C=O) groups is 1. The lowest BCUT2D eigenvalue weighted by Gasteiger charge is -2.26. The van der Waals surface area contributed by atoms with E-state index >= 15 is 0 Å². The summed E-state index contributed by atoms with van der Waals surface area (Å²) in [5.41, 5.74) is 6.49. The van der Waals surface area contributed by atoms with E-state index in [2.05, 4.69) is 10.0 Å². The average molecular weight is 368 g/mol. The van der Waals surface area contributed by atoms with Gasteiger partial charge in [-0.3, -0.25) is 4.79 Å². The number of anilines is 1. The van der Waals surface area contributed by atoms with Crippen LogP contribution in [0.5, 0.6) is 0 Å². The zero-order chi connectivity index (χ0) is 18.8. The summed E-state index contributed by atoms with van der Waals surface area (Å²) < 4.78 is 27.9. The molecule has 1 aliphatic rings. The van der Waals surface area contributed by atoms with Crippen LogP contribution in [-0.4, -0.2) is 25.9 Å². The minimum Gasteiger partial charge on any atom is -0.328 e. The highest BCUT2D eigenvalue weighted by molar-refractivity contribution is 7.89. The van der Waals surface area contributed by atoms with Crippen LogP contribution in [0.1, 0.15) is 52.0 Å². The Hall–Kier alpha value is -1.44. The molecule has 2 unspecified atom stereocenters. The Balaban J connectivity index is 2.20. The molecular weight excluding hydrogens is 338 g/mol. The highest BCUT2D eigenvalue weighted by atomic mass is 32.2. The highest BCUT2D eigenvalue weighted by Crippen LogP contribution is 2.26. The van der Waals surface area contributed by atoms with Crippen molar-refractivity contribution in [3.63, 3.8) is 0 Å². The molecule has 0 aliphatic heterocycles. The monoisotopic (exact) mass is 367 g/mol. The summed E-state index contributed by atoms with van der Waals surface area (Å²) in [6.45, 7) is 7.11. The lowest BCUT2D eigenvalue weighted by atomic mass is 9.85. The summed E-state index contributed by atoms with van der Waals surface area (Å²) in [6, 6.07) is 5.02. The van der Waals surface area contributed by atoms with E-state index < -0.39 is 15.6 Å². The van der Waals surface area contributed by atoms with Crippen molar-refractivity contribution in [1.82, 2.24) is 4.72 Å². The molecule has 0 aromatic heterocycles. The van der Waals surface area contributed by atoms with Crippen LogP contribution in [0.25, 0.3) is 0 Å². The van der Waals surface area contributed by atoms with E-state index in [1.807, 2.05) is 0 Å². The van der Waals surface area contributed by atoms with E-state index in [4.69, 9.17) is 5.73 Å². The van der Waals surface area contributed by atoms with Gasteiger partial charge < -0.3 is 11.1 Å². The maximum absolute atomic E-state index is 12.6. The Kier molecular flexibility index (Phi) is 5.91. The third-order valence-electron chi connectivity index (χ3n) is 4.27. The summed E-state index contributed by atoms with van der Waals surface area (Å²) in [7, 11) is -3.66. The van der Waals surface area contributed by atoms with Crippen molar-refractivity contribution >= 4 is 21.6 Å². The van der Waals surface area contributed by atoms with Crippen molar-refractivity contribution < 1.29 is 13.2 Å². The summed E-state index contributed by atoms with van der Waals surface area (Å²) >= 11 is 0. The molecule has 7 heteroatoms. The molecule has 4 N–H and O–H groups in total. The first kappa shape index (κ1) is 19.9. The molecule has 0 bridgehead atoms. The van der Waals surface area contributed by atoms with Gasteiger partial charge in [-0.2, -0.15) is 0 Å². The van der Waals surface area contributed by atoms with Gasteiger partial charge in [-0.25, -0.2) is 13.1 Å². The second-order valence-corrected chi connectivity index (χ2v) is 9.60. The molecule has 6 nitrogen and oxygen atoms in total. The van der Waals surface area contributed by atoms with Crippen LogP contribution in [0, 0.1) is 12.8 Å². The first-order valence-corrected chi connectivity index (χ1v) is 10.2. The minimum absolute atomic E-state index is 0.0643. The fourth-order valence-electron chi connectivity index (χ4n) is 3.14. The van der Waals surface area contributed by atoms with Crippen molar-refractivity contribution in [3.05, 3.63) is 23.8 Å². The molecule has 1 saturated carbocycles. The van der Waals surface area contributed by atoms with Gasteiger partial charge in [0.25, 0.3) is 0 Å². The fraction of sp³-hybridized carbons (Fsp3) is 0.611. The Bertz CT molecular complexity index is 738. The number of sulfonamides is 1. The number of hydrogen-bond donors (Lipinski definition) is 3. The number of amides is 1. The normalized spacial score (nSPS) is 21.8. The van der Waals surface area contributed by atoms with Gasteiger partial charge in [-0.05, 0) is 64.7 Å². The molecule has 2 atom stereocenters. The minimum atomic E-state index is -3.66. The predicted molar refractivity (Wildman–Crippen MR) is 99.8 cm³/mol. The van der Waals surface area contributed by atoms with E-state index in [1.54, 1.807) is 39.8 Å². The van der Waals surface area contributed by atoms with E-state index in [0.29, 0.717) is 17.7 Å². The number of aryl methyl sites for hydroxylation is 1. The molecule has 1 aromatic carbocycles. The molecule has 1 aromatic rings. The summed E-state index contributed by atoms with van der Waals surface area (Å²) in [6.07, 6.45) is 3.40. The van der Waals surface area contributed by atoms with Crippen molar-refractivity contribution in [2.24, 2.45) is 11.7 Å². The van der Waals surface area contributed by atoms with Crippen LogP contribution in [-0.2, 0) is 14.8 Å². The lowest BCUT2D eigenvalue weighted by molar-refractivity contribution is -0.120. The van der Waals surface area contributed by atoms with Gasteiger partial charge in [0.1, 0.15) is 0 Å². The number of nitrogens with two attached hydrogens (primary N) is 1. The third kappa shape index (κ3) is 5.52. The largest absolute Gasteiger partial charge is 0.328 e. The van der Waals surface area contributed by atoms with Crippen molar-refractivity contribution in [2.75, 3.05) is 5.32 Å². The Morgan fingerprint density at radius 2 is 1.92 bits per heavy atom. The highest BCUT2D eigenvalue weighted by Gasteiger charge is 2.27. The smallest absolute Gasteiger partial charge is 0.241 e. The first-order chi connectivity index (χ1) is 11.5. The molecule has 140 valence electrons. The van der Waals surface area contributed by atoms with Gasteiger partial charge in [-0.15, -0.1) is 0 Å². The van der Waals surface area contributed by atoms with Crippen molar-refractivity contribution in [3.8, 4) is 0 Å². The van der Waals surface area contributed by atoms with Gasteiger partial charge in [0, 0.05) is 23.2 Å². The van der Waals surface area contributed by atoms with Crippen LogP contribution >= 0.6 is 0 Å². The van der Waals surface area contributed by atoms with Crippen LogP contribution in [0.3, 0.4) is 0 Å². The van der Waals surface area contributed by atoms with Gasteiger partial charge in [-0.1, -0.05) is 12.5 Å². The quantitative estimate of drug-likeness (QED) is 0.761. The second-order valence-electron chi connectivity index (χ2n) is 7.95.